The van der Waals surface area contributed by atoms with Gasteiger partial charge in [0.2, 0.25) is 0 Å². The molecule has 0 spiro atoms. The smallest absolute Gasteiger partial charge is 0.262 e. The minimum atomic E-state index is -0.253. The van der Waals surface area contributed by atoms with Gasteiger partial charge >= 0.3 is 0 Å². The summed E-state index contributed by atoms with van der Waals surface area (Å²) in [7, 11) is 0. The fourth-order valence-corrected chi connectivity index (χ4v) is 5.82. The van der Waals surface area contributed by atoms with Gasteiger partial charge < -0.3 is 19.7 Å². The van der Waals surface area contributed by atoms with E-state index in [0.29, 0.717) is 23.7 Å². The number of ketones is 1. The number of amides is 1. The molecule has 3 rings (SSSR count). The first kappa shape index (κ1) is 36.7. The number of Topliss-reactive ketones (excluding diaryl/α,β-unsaturated/α-hetero) is 1. The van der Waals surface area contributed by atoms with Gasteiger partial charge in [-0.1, -0.05) is 89.7 Å². The predicted molar refractivity (Wildman–Crippen MR) is 186 cm³/mol. The molecule has 2 aromatic carbocycles. The third-order valence-electron chi connectivity index (χ3n) is 7.37. The highest BCUT2D eigenvalue weighted by Crippen LogP contribution is 2.27. The minimum Gasteiger partial charge on any atom is -0.493 e. The molecule has 238 valence electrons. The first-order valence-electron chi connectivity index (χ1n) is 15.8. The summed E-state index contributed by atoms with van der Waals surface area (Å²) in [5.74, 6) is 1.64. The first-order valence-corrected chi connectivity index (χ1v) is 16.8. The van der Waals surface area contributed by atoms with Crippen LogP contribution in [0.5, 0.6) is 11.5 Å². The molecule has 0 atom stereocenters. The first-order chi connectivity index (χ1) is 20.4. The molecule has 1 amide bonds. The molecule has 1 aliphatic heterocycles. The number of hydrogen-bond donors (Lipinski definition) is 1. The Morgan fingerprint density at radius 2 is 1.56 bits per heavy atom. The zero-order valence-corrected chi connectivity index (χ0v) is 28.9. The van der Waals surface area contributed by atoms with E-state index in [9.17, 15) is 9.59 Å². The molecule has 0 unspecified atom stereocenters. The predicted octanol–water partition coefficient (Wildman–Crippen LogP) is 9.93. The van der Waals surface area contributed by atoms with Crippen LogP contribution in [0.25, 0.3) is 0 Å². The Morgan fingerprint density at radius 3 is 2.19 bits per heavy atom. The number of halogens is 1. The molecule has 6 nitrogen and oxygen atoms in total. The summed E-state index contributed by atoms with van der Waals surface area (Å²) < 4.78 is 11.7. The van der Waals surface area contributed by atoms with E-state index in [1.165, 1.54) is 76.0 Å². The number of thioether (sulfide) groups is 1. The Bertz CT molecular complexity index is 1160. The molecule has 2 aromatic rings. The molecule has 1 aliphatic rings. The van der Waals surface area contributed by atoms with Crippen LogP contribution in [0.4, 0.5) is 5.69 Å². The number of ether oxygens (including phenoxy) is 2. The van der Waals surface area contributed by atoms with Gasteiger partial charge in [0.25, 0.3) is 5.91 Å². The van der Waals surface area contributed by atoms with Crippen LogP contribution in [0.15, 0.2) is 53.6 Å². The molecule has 43 heavy (non-hydrogen) atoms. The van der Waals surface area contributed by atoms with Crippen molar-refractivity contribution >= 4 is 46.1 Å². The molecule has 0 aromatic heterocycles. The van der Waals surface area contributed by atoms with Gasteiger partial charge in [0, 0.05) is 18.4 Å². The topological polar surface area (TPSA) is 67.9 Å². The van der Waals surface area contributed by atoms with Gasteiger partial charge in [-0.2, -0.15) is 0 Å². The molecule has 0 bridgehead atoms. The maximum absolute atomic E-state index is 12.6. The number of benzene rings is 2. The highest BCUT2D eigenvalue weighted by molar-refractivity contribution is 8.93. The summed E-state index contributed by atoms with van der Waals surface area (Å²) in [6.07, 6.45) is 17.7. The van der Waals surface area contributed by atoms with Gasteiger partial charge in [-0.25, -0.2) is 0 Å². The van der Waals surface area contributed by atoms with Crippen molar-refractivity contribution in [1.29, 1.82) is 0 Å². The van der Waals surface area contributed by atoms with E-state index in [2.05, 4.69) is 36.3 Å². The third-order valence-corrected chi connectivity index (χ3v) is 8.40. The molecule has 8 heteroatoms. The monoisotopic (exact) mass is 674 g/mol. The molecule has 0 radical (unpaired) electrons. The van der Waals surface area contributed by atoms with Crippen LogP contribution in [0.2, 0.25) is 0 Å². The van der Waals surface area contributed by atoms with E-state index in [1.807, 2.05) is 30.0 Å². The lowest BCUT2D eigenvalue weighted by Crippen LogP contribution is -2.20. The number of carbonyl (C=O) groups is 2. The van der Waals surface area contributed by atoms with Crippen LogP contribution < -0.4 is 14.8 Å². The Balaban J connectivity index is 0.00000645. The summed E-state index contributed by atoms with van der Waals surface area (Å²) in [5, 5.41) is 2.91. The van der Waals surface area contributed by atoms with Crippen LogP contribution in [0, 0.1) is 0 Å². The van der Waals surface area contributed by atoms with Crippen molar-refractivity contribution in [1.82, 2.24) is 4.90 Å². The number of carbonyl (C=O) groups excluding carboxylic acids is 2. The second-order valence-electron chi connectivity index (χ2n) is 11.2. The number of anilines is 1. The lowest BCUT2D eigenvalue weighted by molar-refractivity contribution is -0.118. The maximum atomic E-state index is 12.6. The average molecular weight is 676 g/mol. The normalized spacial score (nSPS) is 12.4. The van der Waals surface area contributed by atoms with E-state index < -0.39 is 0 Å². The van der Waals surface area contributed by atoms with Crippen molar-refractivity contribution in [3.8, 4) is 11.5 Å². The van der Waals surface area contributed by atoms with Crippen molar-refractivity contribution in [3.63, 3.8) is 0 Å². The Kier molecular flexibility index (Phi) is 18.2. The van der Waals surface area contributed by atoms with Crippen LogP contribution in [-0.4, -0.2) is 35.7 Å². The second-order valence-corrected chi connectivity index (χ2v) is 12.4. The van der Waals surface area contributed by atoms with Gasteiger partial charge in [0.05, 0.1) is 18.0 Å². The molecule has 0 saturated carbocycles. The summed E-state index contributed by atoms with van der Waals surface area (Å²) >= 11 is 1.83. The van der Waals surface area contributed by atoms with Crippen LogP contribution in [-0.2, 0) is 11.3 Å². The summed E-state index contributed by atoms with van der Waals surface area (Å²) in [6, 6.07) is 13.0. The van der Waals surface area contributed by atoms with Crippen molar-refractivity contribution in [3.05, 3.63) is 64.7 Å². The fraction of sp³-hybridized carbons (Fsp3) is 0.543. The lowest BCUT2D eigenvalue weighted by atomic mass is 10.1. The maximum Gasteiger partial charge on any atom is 0.262 e. The van der Waals surface area contributed by atoms with Crippen LogP contribution >= 0.6 is 28.7 Å². The van der Waals surface area contributed by atoms with Crippen LogP contribution in [0.3, 0.4) is 0 Å². The zero-order chi connectivity index (χ0) is 30.0. The molecular formula is C35H51BrN2O4S. The Labute approximate surface area is 274 Å². The van der Waals surface area contributed by atoms with Gasteiger partial charge in [-0.05, 0) is 61.1 Å². The van der Waals surface area contributed by atoms with E-state index in [-0.39, 0.29) is 35.3 Å². The van der Waals surface area contributed by atoms with Crippen molar-refractivity contribution in [2.45, 2.75) is 104 Å². The number of nitrogens with zero attached hydrogens (tertiary/aromatic N) is 1. The largest absolute Gasteiger partial charge is 0.493 e. The third kappa shape index (κ3) is 14.7. The van der Waals surface area contributed by atoms with Crippen molar-refractivity contribution in [2.75, 3.05) is 24.4 Å². The van der Waals surface area contributed by atoms with Crippen LogP contribution in [0.1, 0.15) is 114 Å². The molecule has 0 aliphatic carbocycles. The van der Waals surface area contributed by atoms with Gasteiger partial charge in [0.15, 0.2) is 12.4 Å². The highest BCUT2D eigenvalue weighted by atomic mass is 79.9. The van der Waals surface area contributed by atoms with E-state index in [4.69, 9.17) is 9.47 Å². The quantitative estimate of drug-likeness (QED) is 0.105. The van der Waals surface area contributed by atoms with Crippen molar-refractivity contribution < 1.29 is 19.1 Å². The van der Waals surface area contributed by atoms with E-state index >= 15 is 0 Å². The lowest BCUT2D eigenvalue weighted by Gasteiger charge is -2.15. The second kappa shape index (κ2) is 21.3. The SMILES string of the molecule is Br.CCCCCCCCCCCCCCOc1ccc(OCC(=O)Nc2cccc(CN3C=C(C)SC3)c2)cc1C(C)=O. The number of allylic oxidation sites excluding steroid dienone is 1. The summed E-state index contributed by atoms with van der Waals surface area (Å²) in [4.78, 5) is 28.4. The summed E-state index contributed by atoms with van der Waals surface area (Å²) in [6.45, 7) is 7.14. The van der Waals surface area contributed by atoms with Gasteiger partial charge in [-0.3, -0.25) is 9.59 Å². The van der Waals surface area contributed by atoms with Gasteiger partial charge in [0.1, 0.15) is 11.5 Å². The summed E-state index contributed by atoms with van der Waals surface area (Å²) in [5.41, 5.74) is 2.34. The molecule has 0 saturated heterocycles. The number of hydrogen-bond acceptors (Lipinski definition) is 6. The molecular weight excluding hydrogens is 624 g/mol. The molecule has 0 fully saturated rings. The molecule has 1 heterocycles. The Hall–Kier alpha value is -2.45. The average Bonchev–Trinajstić information content (AvgIpc) is 3.38. The number of nitrogens with one attached hydrogen (secondary N) is 1. The standard InChI is InChI=1S/C35H50N2O4S.BrH/c1-4-5-6-7-8-9-10-11-12-13-14-15-21-40-34-20-19-32(23-33(34)29(3)38)41-26-35(39)36-31-18-16-17-30(22-31)25-37-24-28(2)42-27-37;/h16-20,22-24H,4-15,21,25-27H2,1-3H3,(H,36,39);1H. The number of rotatable bonds is 21. The minimum absolute atomic E-state index is 0. The number of unbranched alkanes of at least 4 members (excludes halogenated alkanes) is 11. The van der Waals surface area contributed by atoms with Crippen molar-refractivity contribution in [2.24, 2.45) is 0 Å². The van der Waals surface area contributed by atoms with Gasteiger partial charge in [-0.15, -0.1) is 28.7 Å². The highest BCUT2D eigenvalue weighted by Gasteiger charge is 2.13. The Morgan fingerprint density at radius 1 is 0.884 bits per heavy atom. The molecule has 1 N–H and O–H groups in total. The van der Waals surface area contributed by atoms with E-state index in [0.717, 1.165) is 36.5 Å². The zero-order valence-electron chi connectivity index (χ0n) is 26.3. The van der Waals surface area contributed by atoms with E-state index in [1.54, 1.807) is 18.2 Å². The fourth-order valence-electron chi connectivity index (χ4n) is 5.06.